The predicted molar refractivity (Wildman–Crippen MR) is 70.6 cm³/mol. The second-order valence-electron chi connectivity index (χ2n) is 3.88. The van der Waals surface area contributed by atoms with Gasteiger partial charge in [0.1, 0.15) is 17.1 Å². The van der Waals surface area contributed by atoms with Crippen LogP contribution in [0, 0.1) is 0 Å². The summed E-state index contributed by atoms with van der Waals surface area (Å²) in [5.41, 5.74) is 0.492. The molecule has 20 heavy (non-hydrogen) atoms. The zero-order valence-electron chi connectivity index (χ0n) is 10.7. The predicted octanol–water partition coefficient (Wildman–Crippen LogP) is 1.54. The SMILES string of the molecule is CCOC(=O)c1cn[nH]c1NC(=O)c1ccc(O)cc1. The van der Waals surface area contributed by atoms with Crippen LogP contribution in [0.2, 0.25) is 0 Å². The maximum absolute atomic E-state index is 12.0. The fraction of sp³-hybridized carbons (Fsp3) is 0.154. The van der Waals surface area contributed by atoms with E-state index in [-0.39, 0.29) is 23.7 Å². The molecule has 0 aliphatic rings. The van der Waals surface area contributed by atoms with Crippen LogP contribution in [-0.2, 0) is 4.74 Å². The first kappa shape index (κ1) is 13.6. The number of ether oxygens (including phenoxy) is 1. The molecule has 0 fully saturated rings. The number of carbonyl (C=O) groups is 2. The molecule has 0 atom stereocenters. The maximum atomic E-state index is 12.0. The lowest BCUT2D eigenvalue weighted by molar-refractivity contribution is 0.0527. The first-order valence-electron chi connectivity index (χ1n) is 5.92. The number of hydrogen-bond donors (Lipinski definition) is 3. The van der Waals surface area contributed by atoms with Crippen molar-refractivity contribution in [3.05, 3.63) is 41.6 Å². The van der Waals surface area contributed by atoms with Gasteiger partial charge >= 0.3 is 5.97 Å². The third-order valence-corrected chi connectivity index (χ3v) is 2.50. The molecule has 0 aliphatic carbocycles. The van der Waals surface area contributed by atoms with E-state index in [1.54, 1.807) is 6.92 Å². The average Bonchev–Trinajstić information content (AvgIpc) is 2.88. The molecule has 1 amide bonds. The van der Waals surface area contributed by atoms with E-state index in [1.807, 2.05) is 0 Å². The summed E-state index contributed by atoms with van der Waals surface area (Å²) in [5, 5.41) is 17.9. The molecule has 0 saturated heterocycles. The van der Waals surface area contributed by atoms with E-state index in [1.165, 1.54) is 30.5 Å². The number of anilines is 1. The van der Waals surface area contributed by atoms with Gasteiger partial charge in [0.05, 0.1) is 12.8 Å². The lowest BCUT2D eigenvalue weighted by Gasteiger charge is -2.05. The van der Waals surface area contributed by atoms with Crippen LogP contribution in [0.4, 0.5) is 5.82 Å². The van der Waals surface area contributed by atoms with Crippen molar-refractivity contribution in [2.24, 2.45) is 0 Å². The van der Waals surface area contributed by atoms with Crippen molar-refractivity contribution in [3.63, 3.8) is 0 Å². The van der Waals surface area contributed by atoms with Gasteiger partial charge in [0.25, 0.3) is 5.91 Å². The molecule has 2 rings (SSSR count). The highest BCUT2D eigenvalue weighted by molar-refractivity contribution is 6.07. The van der Waals surface area contributed by atoms with Crippen molar-refractivity contribution < 1.29 is 19.4 Å². The molecule has 0 saturated carbocycles. The summed E-state index contributed by atoms with van der Waals surface area (Å²) in [6.45, 7) is 1.92. The highest BCUT2D eigenvalue weighted by atomic mass is 16.5. The van der Waals surface area contributed by atoms with Crippen LogP contribution in [0.3, 0.4) is 0 Å². The standard InChI is InChI=1S/C13H13N3O4/c1-2-20-13(19)10-7-14-16-11(10)15-12(18)8-3-5-9(17)6-4-8/h3-7,17H,2H2,1H3,(H2,14,15,16,18). The Morgan fingerprint density at radius 1 is 1.35 bits per heavy atom. The number of rotatable bonds is 4. The van der Waals surface area contributed by atoms with Crippen molar-refractivity contribution in [1.29, 1.82) is 0 Å². The molecule has 0 unspecified atom stereocenters. The average molecular weight is 275 g/mol. The highest BCUT2D eigenvalue weighted by Gasteiger charge is 2.17. The van der Waals surface area contributed by atoms with Crippen LogP contribution in [0.25, 0.3) is 0 Å². The molecule has 0 radical (unpaired) electrons. The van der Waals surface area contributed by atoms with Crippen LogP contribution < -0.4 is 5.32 Å². The Kier molecular flexibility index (Phi) is 3.99. The molecule has 2 aromatic rings. The summed E-state index contributed by atoms with van der Waals surface area (Å²) in [7, 11) is 0. The van der Waals surface area contributed by atoms with Gasteiger partial charge in [-0.2, -0.15) is 5.10 Å². The molecule has 7 heteroatoms. The van der Waals surface area contributed by atoms with E-state index in [9.17, 15) is 9.59 Å². The maximum Gasteiger partial charge on any atom is 0.343 e. The second-order valence-corrected chi connectivity index (χ2v) is 3.88. The summed E-state index contributed by atoms with van der Waals surface area (Å²) >= 11 is 0. The molecule has 0 spiro atoms. The Bertz CT molecular complexity index is 619. The number of nitrogens with zero attached hydrogens (tertiary/aromatic N) is 1. The van der Waals surface area contributed by atoms with E-state index < -0.39 is 11.9 Å². The topological polar surface area (TPSA) is 104 Å². The largest absolute Gasteiger partial charge is 0.508 e. The Hall–Kier alpha value is -2.83. The van der Waals surface area contributed by atoms with Gasteiger partial charge < -0.3 is 15.2 Å². The number of H-pyrrole nitrogens is 1. The highest BCUT2D eigenvalue weighted by Crippen LogP contribution is 2.15. The number of amides is 1. The zero-order valence-corrected chi connectivity index (χ0v) is 10.7. The van der Waals surface area contributed by atoms with Crippen LogP contribution in [0.1, 0.15) is 27.6 Å². The minimum absolute atomic E-state index is 0.0651. The minimum Gasteiger partial charge on any atom is -0.508 e. The molecule has 1 aromatic carbocycles. The van der Waals surface area contributed by atoms with Gasteiger partial charge in [0.15, 0.2) is 0 Å². The monoisotopic (exact) mass is 275 g/mol. The van der Waals surface area contributed by atoms with Crippen molar-refractivity contribution in [1.82, 2.24) is 10.2 Å². The molecule has 3 N–H and O–H groups in total. The quantitative estimate of drug-likeness (QED) is 0.734. The van der Waals surface area contributed by atoms with Crippen molar-refractivity contribution in [2.45, 2.75) is 6.92 Å². The number of carbonyl (C=O) groups excluding carboxylic acids is 2. The third-order valence-electron chi connectivity index (χ3n) is 2.50. The first-order valence-corrected chi connectivity index (χ1v) is 5.92. The van der Waals surface area contributed by atoms with Crippen LogP contribution >= 0.6 is 0 Å². The number of aromatic nitrogens is 2. The van der Waals surface area contributed by atoms with E-state index in [0.29, 0.717) is 5.56 Å². The number of phenolic OH excluding ortho intramolecular Hbond substituents is 1. The number of aromatic amines is 1. The van der Waals surface area contributed by atoms with Crippen molar-refractivity contribution in [3.8, 4) is 5.75 Å². The summed E-state index contributed by atoms with van der Waals surface area (Å²) in [6.07, 6.45) is 1.28. The molecule has 0 bridgehead atoms. The molecule has 1 aromatic heterocycles. The van der Waals surface area contributed by atoms with Gasteiger partial charge in [0.2, 0.25) is 0 Å². The molecule has 104 valence electrons. The molecule has 7 nitrogen and oxygen atoms in total. The molecular weight excluding hydrogens is 262 g/mol. The number of esters is 1. The second kappa shape index (κ2) is 5.87. The van der Waals surface area contributed by atoms with Crippen molar-refractivity contribution >= 4 is 17.7 Å². The number of aromatic hydroxyl groups is 1. The normalized spacial score (nSPS) is 10.1. The van der Waals surface area contributed by atoms with Crippen LogP contribution in [-0.4, -0.2) is 33.8 Å². The Morgan fingerprint density at radius 3 is 2.70 bits per heavy atom. The fourth-order valence-electron chi connectivity index (χ4n) is 1.54. The van der Waals surface area contributed by atoms with Crippen molar-refractivity contribution in [2.75, 3.05) is 11.9 Å². The lowest BCUT2D eigenvalue weighted by Crippen LogP contribution is -2.15. The van der Waals surface area contributed by atoms with E-state index in [2.05, 4.69) is 15.5 Å². The first-order chi connectivity index (χ1) is 9.61. The van der Waals surface area contributed by atoms with Crippen LogP contribution in [0.5, 0.6) is 5.75 Å². The smallest absolute Gasteiger partial charge is 0.343 e. The van der Waals surface area contributed by atoms with Gasteiger partial charge in [0, 0.05) is 5.56 Å². The Balaban J connectivity index is 2.14. The molecule has 0 aliphatic heterocycles. The number of phenols is 1. The summed E-state index contributed by atoms with van der Waals surface area (Å²) in [4.78, 5) is 23.6. The van der Waals surface area contributed by atoms with Crippen LogP contribution in [0.15, 0.2) is 30.5 Å². The number of nitrogens with one attached hydrogen (secondary N) is 2. The Labute approximate surface area is 114 Å². The number of hydrogen-bond acceptors (Lipinski definition) is 5. The zero-order chi connectivity index (χ0) is 14.5. The van der Waals surface area contributed by atoms with Gasteiger partial charge in [-0.25, -0.2) is 4.79 Å². The van der Waals surface area contributed by atoms with Gasteiger partial charge in [-0.15, -0.1) is 0 Å². The summed E-state index contributed by atoms with van der Waals surface area (Å²) < 4.78 is 4.85. The van der Waals surface area contributed by atoms with Gasteiger partial charge in [-0.05, 0) is 31.2 Å². The van der Waals surface area contributed by atoms with E-state index in [0.717, 1.165) is 0 Å². The number of benzene rings is 1. The minimum atomic E-state index is -0.567. The molecule has 1 heterocycles. The summed E-state index contributed by atoms with van der Waals surface area (Å²) in [6, 6.07) is 5.72. The fourth-order valence-corrected chi connectivity index (χ4v) is 1.54. The lowest BCUT2D eigenvalue weighted by atomic mass is 10.2. The summed E-state index contributed by atoms with van der Waals surface area (Å²) in [5.74, 6) is -0.765. The van der Waals surface area contributed by atoms with E-state index >= 15 is 0 Å². The third kappa shape index (κ3) is 2.94. The van der Waals surface area contributed by atoms with Gasteiger partial charge in [-0.1, -0.05) is 0 Å². The van der Waals surface area contributed by atoms with Gasteiger partial charge in [-0.3, -0.25) is 9.89 Å². The Morgan fingerprint density at radius 2 is 2.05 bits per heavy atom. The van der Waals surface area contributed by atoms with E-state index in [4.69, 9.17) is 9.84 Å². The molecular formula is C13H13N3O4.